The van der Waals surface area contributed by atoms with Crippen LogP contribution in [0.15, 0.2) is 57.7 Å². The maximum atomic E-state index is 12.1. The van der Waals surface area contributed by atoms with Crippen molar-refractivity contribution in [1.82, 2.24) is 9.88 Å². The molecule has 3 rings (SSSR count). The summed E-state index contributed by atoms with van der Waals surface area (Å²) in [7, 11) is 0. The molecule has 0 fully saturated rings. The van der Waals surface area contributed by atoms with Gasteiger partial charge >= 0.3 is 5.76 Å². The molecule has 1 heterocycles. The van der Waals surface area contributed by atoms with Crippen LogP contribution < -0.4 is 11.1 Å². The molecule has 0 aliphatic heterocycles. The molecular formula is C19H18N2O4. The lowest BCUT2D eigenvalue weighted by atomic mass is 10.1. The van der Waals surface area contributed by atoms with E-state index >= 15 is 0 Å². The number of aromatic nitrogens is 1. The molecule has 128 valence electrons. The number of fused-ring (bicyclic) bond motifs is 1. The lowest BCUT2D eigenvalue weighted by Crippen LogP contribution is -2.32. The first-order chi connectivity index (χ1) is 12.0. The van der Waals surface area contributed by atoms with Crippen LogP contribution in [0, 0.1) is 0 Å². The molecule has 0 saturated carbocycles. The molecule has 3 aromatic rings. The normalized spacial score (nSPS) is 10.8. The van der Waals surface area contributed by atoms with Gasteiger partial charge in [0.2, 0.25) is 5.91 Å². The van der Waals surface area contributed by atoms with E-state index in [1.807, 2.05) is 30.3 Å². The van der Waals surface area contributed by atoms with Crippen LogP contribution in [0.4, 0.5) is 0 Å². The van der Waals surface area contributed by atoms with Crippen LogP contribution in [-0.2, 0) is 17.8 Å². The smallest absolute Gasteiger partial charge is 0.408 e. The second kappa shape index (κ2) is 7.17. The van der Waals surface area contributed by atoms with Crippen molar-refractivity contribution in [3.05, 3.63) is 70.2 Å². The van der Waals surface area contributed by atoms with Crippen molar-refractivity contribution in [2.24, 2.45) is 0 Å². The predicted molar refractivity (Wildman–Crippen MR) is 93.6 cm³/mol. The summed E-state index contributed by atoms with van der Waals surface area (Å²) >= 11 is 0. The van der Waals surface area contributed by atoms with Crippen molar-refractivity contribution >= 4 is 22.8 Å². The van der Waals surface area contributed by atoms with E-state index in [4.69, 9.17) is 4.42 Å². The molecule has 25 heavy (non-hydrogen) atoms. The van der Waals surface area contributed by atoms with E-state index in [-0.39, 0.29) is 18.2 Å². The molecule has 6 heteroatoms. The number of nitrogens with zero attached hydrogens (tertiary/aromatic N) is 1. The van der Waals surface area contributed by atoms with E-state index in [1.54, 1.807) is 12.1 Å². The van der Waals surface area contributed by atoms with Gasteiger partial charge in [-0.1, -0.05) is 30.3 Å². The van der Waals surface area contributed by atoms with E-state index in [2.05, 4.69) is 5.32 Å². The van der Waals surface area contributed by atoms with Crippen LogP contribution in [0.25, 0.3) is 11.1 Å². The zero-order valence-electron chi connectivity index (χ0n) is 13.8. The molecule has 0 bridgehead atoms. The first kappa shape index (κ1) is 16.7. The third-order valence-electron chi connectivity index (χ3n) is 3.96. The Bertz CT molecular complexity index is 970. The van der Waals surface area contributed by atoms with Crippen LogP contribution in [0.1, 0.15) is 22.8 Å². The van der Waals surface area contributed by atoms with Crippen molar-refractivity contribution in [3.8, 4) is 0 Å². The zero-order valence-corrected chi connectivity index (χ0v) is 13.8. The molecule has 1 aromatic heterocycles. The molecular weight excluding hydrogens is 320 g/mol. The highest BCUT2D eigenvalue weighted by Crippen LogP contribution is 2.15. The SMILES string of the molecule is CC(=O)c1ccc2c(c1)oc(=O)n2CC(=O)NCCc1ccccc1. The van der Waals surface area contributed by atoms with E-state index in [0.29, 0.717) is 23.2 Å². The Hall–Kier alpha value is -3.15. The van der Waals surface area contributed by atoms with Crippen LogP contribution in [-0.4, -0.2) is 22.8 Å². The summed E-state index contributed by atoms with van der Waals surface area (Å²) in [4.78, 5) is 35.5. The number of carbonyl (C=O) groups is 2. The lowest BCUT2D eigenvalue weighted by molar-refractivity contribution is -0.121. The molecule has 2 aromatic carbocycles. The van der Waals surface area contributed by atoms with Gasteiger partial charge in [-0.2, -0.15) is 0 Å². The number of carbonyl (C=O) groups excluding carboxylic acids is 2. The van der Waals surface area contributed by atoms with Gasteiger partial charge in [-0.15, -0.1) is 0 Å². The number of amides is 1. The van der Waals surface area contributed by atoms with Gasteiger partial charge in [0, 0.05) is 12.1 Å². The van der Waals surface area contributed by atoms with Gasteiger partial charge in [0.1, 0.15) is 6.54 Å². The molecule has 0 atom stereocenters. The average Bonchev–Trinajstić information content (AvgIpc) is 2.90. The van der Waals surface area contributed by atoms with Gasteiger partial charge in [-0.25, -0.2) is 4.79 Å². The highest BCUT2D eigenvalue weighted by Gasteiger charge is 2.14. The topological polar surface area (TPSA) is 81.3 Å². The van der Waals surface area contributed by atoms with Crippen LogP contribution in [0.5, 0.6) is 0 Å². The summed E-state index contributed by atoms with van der Waals surface area (Å²) in [6.07, 6.45) is 0.718. The first-order valence-electron chi connectivity index (χ1n) is 7.99. The molecule has 6 nitrogen and oxygen atoms in total. The van der Waals surface area contributed by atoms with Crippen LogP contribution in [0.3, 0.4) is 0 Å². The van der Waals surface area contributed by atoms with Gasteiger partial charge in [-0.05, 0) is 37.1 Å². The molecule has 0 radical (unpaired) electrons. The minimum absolute atomic E-state index is 0.115. The summed E-state index contributed by atoms with van der Waals surface area (Å²) < 4.78 is 6.40. The number of ketones is 1. The van der Waals surface area contributed by atoms with E-state index in [9.17, 15) is 14.4 Å². The molecule has 0 spiro atoms. The number of hydrogen-bond donors (Lipinski definition) is 1. The molecule has 0 aliphatic carbocycles. The van der Waals surface area contributed by atoms with Crippen molar-refractivity contribution in [2.45, 2.75) is 19.9 Å². The van der Waals surface area contributed by atoms with E-state index < -0.39 is 5.76 Å². The van der Waals surface area contributed by atoms with Crippen LogP contribution in [0.2, 0.25) is 0 Å². The number of oxazole rings is 1. The summed E-state index contributed by atoms with van der Waals surface area (Å²) in [6, 6.07) is 14.6. The predicted octanol–water partition coefficient (Wildman–Crippen LogP) is 2.16. The molecule has 0 aliphatic rings. The summed E-state index contributed by atoms with van der Waals surface area (Å²) in [5, 5.41) is 2.80. The van der Waals surface area contributed by atoms with Crippen molar-refractivity contribution in [3.63, 3.8) is 0 Å². The summed E-state index contributed by atoms with van der Waals surface area (Å²) in [6.45, 7) is 1.80. The highest BCUT2D eigenvalue weighted by atomic mass is 16.4. The Kier molecular flexibility index (Phi) is 4.79. The fourth-order valence-electron chi connectivity index (χ4n) is 2.63. The Morgan fingerprint density at radius 2 is 1.88 bits per heavy atom. The van der Waals surface area contributed by atoms with Gasteiger partial charge in [0.05, 0.1) is 5.52 Å². The average molecular weight is 338 g/mol. The maximum Gasteiger partial charge on any atom is 0.420 e. The maximum absolute atomic E-state index is 12.1. The van der Waals surface area contributed by atoms with E-state index in [0.717, 1.165) is 12.0 Å². The van der Waals surface area contributed by atoms with Crippen molar-refractivity contribution in [2.75, 3.05) is 6.54 Å². The quantitative estimate of drug-likeness (QED) is 0.698. The largest absolute Gasteiger partial charge is 0.420 e. The Balaban J connectivity index is 1.67. The molecule has 1 N–H and O–H groups in total. The fourth-order valence-corrected chi connectivity index (χ4v) is 2.63. The number of nitrogens with one attached hydrogen (secondary N) is 1. The molecule has 0 saturated heterocycles. The third kappa shape index (κ3) is 3.85. The van der Waals surface area contributed by atoms with Gasteiger partial charge in [0.15, 0.2) is 11.4 Å². The number of rotatable bonds is 6. The third-order valence-corrected chi connectivity index (χ3v) is 3.96. The standard InChI is InChI=1S/C19H18N2O4/c1-13(22)15-7-8-16-17(11-15)25-19(24)21(16)12-18(23)20-10-9-14-5-3-2-4-6-14/h2-8,11H,9-10,12H2,1H3,(H,20,23). The van der Waals surface area contributed by atoms with Crippen LogP contribution >= 0.6 is 0 Å². The molecule has 0 unspecified atom stereocenters. The van der Waals surface area contributed by atoms with Gasteiger partial charge in [-0.3, -0.25) is 14.2 Å². The second-order valence-electron chi connectivity index (χ2n) is 5.78. The Labute approximate surface area is 144 Å². The fraction of sp³-hybridized carbons (Fsp3) is 0.211. The van der Waals surface area contributed by atoms with Gasteiger partial charge in [0.25, 0.3) is 0 Å². The van der Waals surface area contributed by atoms with Crippen molar-refractivity contribution < 1.29 is 14.0 Å². The molecule has 1 amide bonds. The minimum atomic E-state index is -0.617. The summed E-state index contributed by atoms with van der Waals surface area (Å²) in [5.74, 6) is -0.999. The number of hydrogen-bond acceptors (Lipinski definition) is 4. The minimum Gasteiger partial charge on any atom is -0.408 e. The lowest BCUT2D eigenvalue weighted by Gasteiger charge is -2.06. The second-order valence-corrected chi connectivity index (χ2v) is 5.78. The summed E-state index contributed by atoms with van der Waals surface area (Å²) in [5.41, 5.74) is 2.38. The monoisotopic (exact) mass is 338 g/mol. The Morgan fingerprint density at radius 3 is 2.60 bits per heavy atom. The van der Waals surface area contributed by atoms with Gasteiger partial charge < -0.3 is 9.73 Å². The first-order valence-corrected chi connectivity index (χ1v) is 7.99. The number of Topliss-reactive ketones (excluding diaryl/α,β-unsaturated/α-hetero) is 1. The number of benzene rings is 2. The Morgan fingerprint density at radius 1 is 1.12 bits per heavy atom. The zero-order chi connectivity index (χ0) is 17.8. The highest BCUT2D eigenvalue weighted by molar-refractivity contribution is 5.97. The van der Waals surface area contributed by atoms with E-state index in [1.165, 1.54) is 17.6 Å². The van der Waals surface area contributed by atoms with Crippen molar-refractivity contribution in [1.29, 1.82) is 0 Å².